The van der Waals surface area contributed by atoms with Gasteiger partial charge in [0.2, 0.25) is 0 Å². The first kappa shape index (κ1) is 14.8. The van der Waals surface area contributed by atoms with Crippen LogP contribution in [0.5, 0.6) is 0 Å². The van der Waals surface area contributed by atoms with Crippen molar-refractivity contribution in [1.82, 2.24) is 0 Å². The molecule has 0 spiro atoms. The van der Waals surface area contributed by atoms with Crippen LogP contribution >= 0.6 is 7.60 Å². The number of nitrogens with zero attached hydrogens (tertiary/aromatic N) is 1. The summed E-state index contributed by atoms with van der Waals surface area (Å²) in [7, 11) is -3.17. The molecule has 0 fully saturated rings. The summed E-state index contributed by atoms with van der Waals surface area (Å²) in [5, 5.41) is 10.5. The first-order valence-corrected chi connectivity index (χ1v) is 7.26. The molecular formula is C11H15NO5P. The van der Waals surface area contributed by atoms with Crippen molar-refractivity contribution in [1.29, 1.82) is 0 Å². The van der Waals surface area contributed by atoms with Crippen molar-refractivity contribution < 1.29 is 18.5 Å². The molecule has 99 valence electrons. The third kappa shape index (κ3) is 4.22. The van der Waals surface area contributed by atoms with E-state index in [4.69, 9.17) is 9.05 Å². The Hall–Kier alpha value is -1.23. The zero-order valence-electron chi connectivity index (χ0n) is 10.3. The molecule has 0 unspecified atom stereocenters. The van der Waals surface area contributed by atoms with Crippen LogP contribution in [0.25, 0.3) is 0 Å². The first-order chi connectivity index (χ1) is 8.50. The second-order valence-electron chi connectivity index (χ2n) is 3.44. The van der Waals surface area contributed by atoms with Crippen molar-refractivity contribution in [2.24, 2.45) is 0 Å². The molecule has 0 saturated carbocycles. The minimum Gasteiger partial charge on any atom is -0.309 e. The van der Waals surface area contributed by atoms with E-state index >= 15 is 0 Å². The van der Waals surface area contributed by atoms with Gasteiger partial charge in [0.05, 0.1) is 30.4 Å². The third-order valence-electron chi connectivity index (χ3n) is 2.09. The van der Waals surface area contributed by atoms with Crippen LogP contribution in [0, 0.1) is 16.2 Å². The van der Waals surface area contributed by atoms with Gasteiger partial charge in [-0.1, -0.05) is 6.07 Å². The molecule has 1 aromatic rings. The maximum atomic E-state index is 12.2. The lowest BCUT2D eigenvalue weighted by atomic mass is 10.2. The Bertz CT molecular complexity index is 435. The van der Waals surface area contributed by atoms with Crippen LogP contribution in [0.2, 0.25) is 0 Å². The minimum absolute atomic E-state index is 0.0865. The molecule has 0 saturated heterocycles. The molecule has 0 bridgehead atoms. The van der Waals surface area contributed by atoms with Gasteiger partial charge in [-0.3, -0.25) is 14.7 Å². The molecule has 0 amide bonds. The van der Waals surface area contributed by atoms with E-state index in [-0.39, 0.29) is 25.1 Å². The number of nitro groups is 1. The summed E-state index contributed by atoms with van der Waals surface area (Å²) < 4.78 is 22.5. The van der Waals surface area contributed by atoms with Gasteiger partial charge in [-0.05, 0) is 25.5 Å². The van der Waals surface area contributed by atoms with E-state index in [1.54, 1.807) is 13.8 Å². The lowest BCUT2D eigenvalue weighted by Gasteiger charge is -2.16. The predicted molar refractivity (Wildman–Crippen MR) is 66.5 cm³/mol. The van der Waals surface area contributed by atoms with Gasteiger partial charge in [0.15, 0.2) is 0 Å². The van der Waals surface area contributed by atoms with Crippen molar-refractivity contribution in [2.75, 3.05) is 13.2 Å². The van der Waals surface area contributed by atoms with Crippen LogP contribution in [0.15, 0.2) is 18.2 Å². The molecular weight excluding hydrogens is 257 g/mol. The Morgan fingerprint density at radius 1 is 1.33 bits per heavy atom. The van der Waals surface area contributed by atoms with Crippen molar-refractivity contribution in [3.63, 3.8) is 0 Å². The van der Waals surface area contributed by atoms with E-state index in [2.05, 4.69) is 6.07 Å². The van der Waals surface area contributed by atoms with E-state index in [1.807, 2.05) is 0 Å². The summed E-state index contributed by atoms with van der Waals surface area (Å²) in [5.41, 5.74) is 0.507. The van der Waals surface area contributed by atoms with Crippen molar-refractivity contribution in [3.8, 4) is 0 Å². The van der Waals surface area contributed by atoms with Crippen LogP contribution in [-0.4, -0.2) is 18.1 Å². The van der Waals surface area contributed by atoms with Crippen LogP contribution in [-0.2, 0) is 19.8 Å². The lowest BCUT2D eigenvalue weighted by molar-refractivity contribution is -0.385. The van der Waals surface area contributed by atoms with Gasteiger partial charge in [0, 0.05) is 6.07 Å². The Morgan fingerprint density at radius 2 is 1.94 bits per heavy atom. The second-order valence-corrected chi connectivity index (χ2v) is 5.50. The van der Waals surface area contributed by atoms with E-state index < -0.39 is 12.5 Å². The molecule has 7 heteroatoms. The quantitative estimate of drug-likeness (QED) is 0.432. The number of benzene rings is 1. The van der Waals surface area contributed by atoms with Crippen molar-refractivity contribution in [2.45, 2.75) is 20.0 Å². The summed E-state index contributed by atoms with van der Waals surface area (Å²) >= 11 is 0. The molecule has 0 aliphatic carbocycles. The number of non-ortho nitro benzene ring substituents is 1. The Balaban J connectivity index is 2.81. The highest BCUT2D eigenvalue weighted by molar-refractivity contribution is 7.53. The molecule has 1 radical (unpaired) electrons. The van der Waals surface area contributed by atoms with Gasteiger partial charge in [0.1, 0.15) is 0 Å². The molecule has 6 nitrogen and oxygen atoms in total. The normalized spacial score (nSPS) is 11.4. The Kier molecular flexibility index (Phi) is 5.47. The summed E-state index contributed by atoms with van der Waals surface area (Å²) in [6.07, 6.45) is 0.0865. The van der Waals surface area contributed by atoms with Gasteiger partial charge in [-0.25, -0.2) is 0 Å². The van der Waals surface area contributed by atoms with E-state index in [0.717, 1.165) is 0 Å². The molecule has 1 aromatic carbocycles. The minimum atomic E-state index is -3.17. The maximum absolute atomic E-state index is 12.2. The number of rotatable bonds is 7. The summed E-state index contributed by atoms with van der Waals surface area (Å²) in [5.74, 6) is 0. The highest BCUT2D eigenvalue weighted by atomic mass is 31.2. The average molecular weight is 272 g/mol. The fourth-order valence-corrected chi connectivity index (χ4v) is 3.09. The van der Waals surface area contributed by atoms with Crippen LogP contribution in [0.1, 0.15) is 19.4 Å². The van der Waals surface area contributed by atoms with Crippen LogP contribution in [0.3, 0.4) is 0 Å². The van der Waals surface area contributed by atoms with Gasteiger partial charge >= 0.3 is 7.60 Å². The fraction of sp³-hybridized carbons (Fsp3) is 0.455. The summed E-state index contributed by atoms with van der Waals surface area (Å²) in [6.45, 7) is 4.03. The average Bonchev–Trinajstić information content (AvgIpc) is 2.30. The summed E-state index contributed by atoms with van der Waals surface area (Å²) in [4.78, 5) is 9.94. The highest BCUT2D eigenvalue weighted by Gasteiger charge is 2.24. The molecule has 18 heavy (non-hydrogen) atoms. The number of hydrogen-bond acceptors (Lipinski definition) is 5. The van der Waals surface area contributed by atoms with Crippen LogP contribution < -0.4 is 0 Å². The third-order valence-corrected chi connectivity index (χ3v) is 4.14. The number of nitro benzene ring substituents is 1. The molecule has 0 aliphatic heterocycles. The van der Waals surface area contributed by atoms with Gasteiger partial charge in [-0.2, -0.15) is 0 Å². The Morgan fingerprint density at radius 3 is 2.33 bits per heavy atom. The number of hydrogen-bond donors (Lipinski definition) is 0. The van der Waals surface area contributed by atoms with Crippen LogP contribution in [0.4, 0.5) is 5.69 Å². The molecule has 0 atom stereocenters. The zero-order chi connectivity index (χ0) is 13.6. The van der Waals surface area contributed by atoms with Gasteiger partial charge < -0.3 is 9.05 Å². The first-order valence-electron chi connectivity index (χ1n) is 5.54. The molecule has 0 aromatic heterocycles. The lowest BCUT2D eigenvalue weighted by Crippen LogP contribution is -1.99. The van der Waals surface area contributed by atoms with Crippen molar-refractivity contribution in [3.05, 3.63) is 39.9 Å². The molecule has 0 aliphatic rings. The summed E-state index contributed by atoms with van der Waals surface area (Å²) in [6, 6.07) is 6.79. The zero-order valence-corrected chi connectivity index (χ0v) is 11.2. The molecule has 1 rings (SSSR count). The second kappa shape index (κ2) is 6.64. The SMILES string of the molecule is CCOP(=O)(Cc1c[c]c([N+](=O)[O-])cc1)OCC. The predicted octanol–water partition coefficient (Wildman–Crippen LogP) is 3.16. The van der Waals surface area contributed by atoms with E-state index in [9.17, 15) is 14.7 Å². The van der Waals surface area contributed by atoms with Gasteiger partial charge in [0.25, 0.3) is 5.69 Å². The van der Waals surface area contributed by atoms with Crippen molar-refractivity contribution >= 4 is 13.3 Å². The fourth-order valence-electron chi connectivity index (χ4n) is 1.41. The van der Waals surface area contributed by atoms with E-state index in [1.165, 1.54) is 18.2 Å². The monoisotopic (exact) mass is 272 g/mol. The molecule has 0 N–H and O–H groups in total. The smallest absolute Gasteiger partial charge is 0.309 e. The van der Waals surface area contributed by atoms with Gasteiger partial charge in [-0.15, -0.1) is 0 Å². The topological polar surface area (TPSA) is 78.7 Å². The van der Waals surface area contributed by atoms with E-state index in [0.29, 0.717) is 5.56 Å². The Labute approximate surface area is 106 Å². The standard InChI is InChI=1S/C11H15NO5P/c1-3-16-18(15,17-4-2)9-10-5-7-11(8-6-10)12(13)14/h5-7H,3-4,9H2,1-2H3. The largest absolute Gasteiger partial charge is 0.335 e. The molecule has 0 heterocycles. The maximum Gasteiger partial charge on any atom is 0.335 e. The highest BCUT2D eigenvalue weighted by Crippen LogP contribution is 2.51.